The number of esters is 3. The number of aliphatic imine (C=N–C) groups is 1. The third-order valence-electron chi connectivity index (χ3n) is 10.5. The van der Waals surface area contributed by atoms with E-state index in [2.05, 4.69) is 18.8 Å². The fraction of sp³-hybridized carbons (Fsp3) is 0.370. The Morgan fingerprint density at radius 2 is 0.778 bits per heavy atom. The molecule has 5 aromatic rings. The van der Waals surface area contributed by atoms with Crippen LogP contribution in [0.4, 0.5) is 5.69 Å². The Morgan fingerprint density at radius 3 is 1.22 bits per heavy atom. The van der Waals surface area contributed by atoms with E-state index in [9.17, 15) is 14.4 Å². The van der Waals surface area contributed by atoms with Crippen LogP contribution in [0.5, 0.6) is 28.7 Å². The molecule has 0 saturated heterocycles. The van der Waals surface area contributed by atoms with Gasteiger partial charge < -0.3 is 23.7 Å². The largest absolute Gasteiger partial charge is 0.494 e. The number of rotatable bonds is 28. The molecule has 0 N–H and O–H groups in total. The van der Waals surface area contributed by atoms with Crippen LogP contribution in [-0.4, -0.2) is 37.3 Å². The second kappa shape index (κ2) is 27.7. The minimum Gasteiger partial charge on any atom is -0.494 e. The Balaban J connectivity index is 1.00. The predicted octanol–water partition coefficient (Wildman–Crippen LogP) is 14.1. The molecular formula is C54H63NO8. The molecule has 0 aliphatic heterocycles. The van der Waals surface area contributed by atoms with Crippen LogP contribution in [0.3, 0.4) is 0 Å². The summed E-state index contributed by atoms with van der Waals surface area (Å²) in [4.78, 5) is 43.2. The van der Waals surface area contributed by atoms with Gasteiger partial charge in [-0.3, -0.25) is 4.99 Å². The second-order valence-electron chi connectivity index (χ2n) is 15.7. The summed E-state index contributed by atoms with van der Waals surface area (Å²) >= 11 is 0. The lowest BCUT2D eigenvalue weighted by molar-refractivity contribution is 0.0723. The zero-order valence-corrected chi connectivity index (χ0v) is 37.1. The maximum absolute atomic E-state index is 13.0. The number of benzene rings is 5. The minimum atomic E-state index is -0.630. The Hall–Kier alpha value is -6.22. The molecule has 0 atom stereocenters. The van der Waals surface area contributed by atoms with Gasteiger partial charge in [0.15, 0.2) is 0 Å². The zero-order valence-electron chi connectivity index (χ0n) is 37.1. The third kappa shape index (κ3) is 18.0. The number of carbonyl (C=O) groups excluding carboxylic acids is 3. The van der Waals surface area contributed by atoms with Gasteiger partial charge in [0.05, 0.1) is 35.6 Å². The average molecular weight is 854 g/mol. The summed E-state index contributed by atoms with van der Waals surface area (Å²) in [5.74, 6) is 0.516. The van der Waals surface area contributed by atoms with E-state index in [0.29, 0.717) is 23.5 Å². The van der Waals surface area contributed by atoms with Gasteiger partial charge in [-0.25, -0.2) is 14.4 Å². The van der Waals surface area contributed by atoms with Crippen LogP contribution in [0.2, 0.25) is 0 Å². The number of carbonyl (C=O) groups is 3. The van der Waals surface area contributed by atoms with Crippen molar-refractivity contribution in [1.82, 2.24) is 0 Å². The van der Waals surface area contributed by atoms with E-state index in [0.717, 1.165) is 42.9 Å². The molecule has 0 fully saturated rings. The summed E-state index contributed by atoms with van der Waals surface area (Å²) < 4.78 is 28.4. The minimum absolute atomic E-state index is 0.195. The summed E-state index contributed by atoms with van der Waals surface area (Å²) in [5.41, 5.74) is 2.59. The van der Waals surface area contributed by atoms with Crippen molar-refractivity contribution in [2.45, 2.75) is 117 Å². The second-order valence-corrected chi connectivity index (χ2v) is 15.7. The highest BCUT2D eigenvalue weighted by Gasteiger charge is 2.14. The first-order valence-electron chi connectivity index (χ1n) is 22.9. The molecule has 9 nitrogen and oxygen atoms in total. The molecular weight excluding hydrogens is 791 g/mol. The molecule has 332 valence electrons. The molecule has 0 radical (unpaired) electrons. The molecule has 5 aromatic carbocycles. The molecule has 0 spiro atoms. The van der Waals surface area contributed by atoms with Crippen LogP contribution in [0.1, 0.15) is 153 Å². The van der Waals surface area contributed by atoms with E-state index in [1.54, 1.807) is 72.9 Å². The monoisotopic (exact) mass is 853 g/mol. The fourth-order valence-corrected chi connectivity index (χ4v) is 6.78. The van der Waals surface area contributed by atoms with Gasteiger partial charge in [-0.15, -0.1) is 0 Å². The number of nitrogens with zero attached hydrogens (tertiary/aromatic N) is 1. The van der Waals surface area contributed by atoms with Crippen molar-refractivity contribution in [2.75, 3.05) is 13.2 Å². The molecule has 0 bridgehead atoms. The Labute approximate surface area is 373 Å². The molecule has 0 unspecified atom stereocenters. The topological polar surface area (TPSA) is 110 Å². The number of unbranched alkanes of at least 4 members (excludes halogenated alkanes) is 14. The molecule has 0 heterocycles. The van der Waals surface area contributed by atoms with Gasteiger partial charge >= 0.3 is 17.9 Å². The van der Waals surface area contributed by atoms with Crippen molar-refractivity contribution in [3.05, 3.63) is 144 Å². The van der Waals surface area contributed by atoms with Crippen LogP contribution in [-0.2, 0) is 0 Å². The van der Waals surface area contributed by atoms with Gasteiger partial charge in [0.25, 0.3) is 0 Å². The van der Waals surface area contributed by atoms with Crippen molar-refractivity contribution >= 4 is 29.8 Å². The number of hydrogen-bond acceptors (Lipinski definition) is 9. The quantitative estimate of drug-likeness (QED) is 0.0212. The summed E-state index contributed by atoms with van der Waals surface area (Å²) in [6.45, 7) is 5.84. The Kier molecular flexibility index (Phi) is 21.0. The fourth-order valence-electron chi connectivity index (χ4n) is 6.78. The summed E-state index contributed by atoms with van der Waals surface area (Å²) in [6.07, 6.45) is 21.8. The first kappa shape index (κ1) is 47.8. The maximum Gasteiger partial charge on any atom is 0.343 e. The lowest BCUT2D eigenvalue weighted by atomic mass is 10.1. The maximum atomic E-state index is 13.0. The van der Waals surface area contributed by atoms with Crippen molar-refractivity contribution in [1.29, 1.82) is 0 Å². The molecule has 5 rings (SSSR count). The smallest absolute Gasteiger partial charge is 0.343 e. The van der Waals surface area contributed by atoms with Crippen LogP contribution >= 0.6 is 0 Å². The highest BCUT2D eigenvalue weighted by Crippen LogP contribution is 2.24. The Morgan fingerprint density at radius 1 is 0.413 bits per heavy atom. The zero-order chi connectivity index (χ0) is 44.3. The van der Waals surface area contributed by atoms with Crippen molar-refractivity contribution < 1.29 is 38.1 Å². The molecule has 9 heteroatoms. The summed E-state index contributed by atoms with van der Waals surface area (Å²) in [6, 6.07) is 33.8. The average Bonchev–Trinajstić information content (AvgIpc) is 3.31. The molecule has 0 aliphatic rings. The Bertz CT molecular complexity index is 2130. The normalized spacial score (nSPS) is 11.0. The van der Waals surface area contributed by atoms with Gasteiger partial charge in [-0.2, -0.15) is 0 Å². The highest BCUT2D eigenvalue weighted by atomic mass is 16.5. The van der Waals surface area contributed by atoms with E-state index in [1.807, 2.05) is 24.3 Å². The standard InChI is InChI=1S/C54H63NO8/c1-3-5-7-9-11-13-15-17-38-59-47-32-26-44(27-33-47)52(56)61-49-34-28-45(29-35-49)54(58)63-51-21-19-20-50(40-51)62-53(57)43-24-22-42(23-25-43)41-55-46-30-36-48(37-31-46)60-39-18-16-14-12-10-8-6-4-2/h19-37,40-41H,3-18,38-39H2,1-2H3. The van der Waals surface area contributed by atoms with E-state index in [1.165, 1.54) is 114 Å². The number of hydrogen-bond donors (Lipinski definition) is 0. The van der Waals surface area contributed by atoms with Crippen molar-refractivity contribution in [2.24, 2.45) is 4.99 Å². The van der Waals surface area contributed by atoms with E-state index >= 15 is 0 Å². The van der Waals surface area contributed by atoms with Crippen LogP contribution in [0.15, 0.2) is 126 Å². The van der Waals surface area contributed by atoms with Crippen LogP contribution < -0.4 is 23.7 Å². The van der Waals surface area contributed by atoms with Crippen LogP contribution in [0.25, 0.3) is 0 Å². The van der Waals surface area contributed by atoms with E-state index in [4.69, 9.17) is 23.7 Å². The molecule has 0 saturated carbocycles. The molecule has 0 aromatic heterocycles. The van der Waals surface area contributed by atoms with Gasteiger partial charge in [-0.1, -0.05) is 122 Å². The molecule has 63 heavy (non-hydrogen) atoms. The first-order chi connectivity index (χ1) is 30.9. The third-order valence-corrected chi connectivity index (χ3v) is 10.5. The van der Waals surface area contributed by atoms with Crippen molar-refractivity contribution in [3.8, 4) is 28.7 Å². The first-order valence-corrected chi connectivity index (χ1v) is 22.9. The van der Waals surface area contributed by atoms with E-state index in [-0.39, 0.29) is 22.8 Å². The van der Waals surface area contributed by atoms with Gasteiger partial charge in [0, 0.05) is 12.3 Å². The number of ether oxygens (including phenoxy) is 5. The SMILES string of the molecule is CCCCCCCCCCOc1ccc(N=Cc2ccc(C(=O)Oc3cccc(OC(=O)c4ccc(OC(=O)c5ccc(OCCCCCCCCCC)cc5)cc4)c3)cc2)cc1. The highest BCUT2D eigenvalue weighted by molar-refractivity contribution is 5.94. The lowest BCUT2D eigenvalue weighted by Gasteiger charge is -2.09. The lowest BCUT2D eigenvalue weighted by Crippen LogP contribution is -2.11. The van der Waals surface area contributed by atoms with Gasteiger partial charge in [0.1, 0.15) is 28.7 Å². The van der Waals surface area contributed by atoms with Gasteiger partial charge in [-0.05, 0) is 115 Å². The predicted molar refractivity (Wildman–Crippen MR) is 251 cm³/mol. The van der Waals surface area contributed by atoms with E-state index < -0.39 is 17.9 Å². The van der Waals surface area contributed by atoms with Crippen molar-refractivity contribution in [3.63, 3.8) is 0 Å². The molecule has 0 aliphatic carbocycles. The summed E-state index contributed by atoms with van der Waals surface area (Å²) in [7, 11) is 0. The molecule has 0 amide bonds. The van der Waals surface area contributed by atoms with Gasteiger partial charge in [0.2, 0.25) is 0 Å². The van der Waals surface area contributed by atoms with Crippen LogP contribution in [0, 0.1) is 0 Å². The summed E-state index contributed by atoms with van der Waals surface area (Å²) in [5, 5.41) is 0.